The first kappa shape index (κ1) is 15.8. The number of carbonyl (C=O) groups excluding carboxylic acids is 2. The van der Waals surface area contributed by atoms with Crippen LogP contribution in [0.15, 0.2) is 24.3 Å². The van der Waals surface area contributed by atoms with E-state index in [0.29, 0.717) is 25.6 Å². The zero-order valence-electron chi connectivity index (χ0n) is 12.4. The van der Waals surface area contributed by atoms with E-state index in [1.54, 1.807) is 0 Å². The van der Waals surface area contributed by atoms with E-state index in [2.05, 4.69) is 5.32 Å². The molecule has 1 saturated carbocycles. The number of nitrogens with zero attached hydrogens (tertiary/aromatic N) is 1. The van der Waals surface area contributed by atoms with Crippen molar-refractivity contribution in [3.63, 3.8) is 0 Å². The molecule has 1 aromatic carbocycles. The van der Waals surface area contributed by atoms with Crippen LogP contribution in [0.2, 0.25) is 0 Å². The summed E-state index contributed by atoms with van der Waals surface area (Å²) < 4.78 is 37.4. The second-order valence-electron chi connectivity index (χ2n) is 6.13. The van der Waals surface area contributed by atoms with Gasteiger partial charge in [0.2, 0.25) is 5.91 Å². The minimum absolute atomic E-state index is 0.0708. The highest BCUT2D eigenvalue weighted by atomic mass is 19.4. The van der Waals surface area contributed by atoms with Crippen LogP contribution >= 0.6 is 0 Å². The van der Waals surface area contributed by atoms with Crippen LogP contribution in [0, 0.1) is 5.92 Å². The molecule has 3 rings (SSSR count). The average molecular weight is 326 g/mol. The summed E-state index contributed by atoms with van der Waals surface area (Å²) in [5.74, 6) is -0.223. The first-order valence-corrected chi connectivity index (χ1v) is 7.59. The van der Waals surface area contributed by atoms with Crippen LogP contribution in [0.25, 0.3) is 0 Å². The highest BCUT2D eigenvalue weighted by molar-refractivity contribution is 5.94. The fourth-order valence-corrected chi connectivity index (χ4v) is 2.83. The number of nitrogens with one attached hydrogen (secondary N) is 1. The molecule has 0 radical (unpaired) electrons. The molecular weight excluding hydrogens is 309 g/mol. The van der Waals surface area contributed by atoms with Crippen LogP contribution in [0.3, 0.4) is 0 Å². The summed E-state index contributed by atoms with van der Waals surface area (Å²) in [5.41, 5.74) is -0.600. The average Bonchev–Trinajstić information content (AvgIpc) is 3.27. The molecule has 124 valence electrons. The Morgan fingerprint density at radius 1 is 1.22 bits per heavy atom. The Labute approximate surface area is 131 Å². The highest BCUT2D eigenvalue weighted by Crippen LogP contribution is 2.32. The molecule has 1 aromatic rings. The Morgan fingerprint density at radius 2 is 1.87 bits per heavy atom. The monoisotopic (exact) mass is 326 g/mol. The predicted molar refractivity (Wildman–Crippen MR) is 76.6 cm³/mol. The number of benzene rings is 1. The molecule has 0 bridgehead atoms. The molecule has 23 heavy (non-hydrogen) atoms. The third-order valence-corrected chi connectivity index (χ3v) is 4.25. The summed E-state index contributed by atoms with van der Waals surface area (Å²) in [4.78, 5) is 25.7. The van der Waals surface area contributed by atoms with Crippen LogP contribution < -0.4 is 5.32 Å². The van der Waals surface area contributed by atoms with Gasteiger partial charge in [-0.25, -0.2) is 0 Å². The lowest BCUT2D eigenvalue weighted by atomic mass is 10.1. The molecule has 0 aromatic heterocycles. The Morgan fingerprint density at radius 3 is 2.43 bits per heavy atom. The molecule has 1 aliphatic carbocycles. The molecule has 7 heteroatoms. The van der Waals surface area contributed by atoms with Crippen LogP contribution in [0.4, 0.5) is 13.2 Å². The first-order valence-electron chi connectivity index (χ1n) is 7.59. The Balaban J connectivity index is 1.52. The molecule has 1 N–H and O–H groups in total. The van der Waals surface area contributed by atoms with E-state index in [0.717, 1.165) is 37.1 Å². The molecule has 2 fully saturated rings. The van der Waals surface area contributed by atoms with E-state index in [9.17, 15) is 22.8 Å². The van der Waals surface area contributed by atoms with Gasteiger partial charge in [-0.1, -0.05) is 0 Å². The number of carbonyl (C=O) groups is 2. The minimum atomic E-state index is -4.41. The fraction of sp³-hybridized carbons (Fsp3) is 0.500. The van der Waals surface area contributed by atoms with Gasteiger partial charge in [0, 0.05) is 37.0 Å². The second kappa shape index (κ2) is 5.86. The van der Waals surface area contributed by atoms with E-state index >= 15 is 0 Å². The normalized spacial score (nSPS) is 21.6. The number of hydrogen-bond donors (Lipinski definition) is 1. The smallest absolute Gasteiger partial charge is 0.352 e. The lowest BCUT2D eigenvalue weighted by molar-refractivity contribution is -0.137. The molecular formula is C16H17F3N2O2. The maximum Gasteiger partial charge on any atom is 0.416 e. The van der Waals surface area contributed by atoms with Crippen molar-refractivity contribution in [3.8, 4) is 0 Å². The zero-order valence-corrected chi connectivity index (χ0v) is 12.4. The molecule has 1 heterocycles. The van der Waals surface area contributed by atoms with Gasteiger partial charge >= 0.3 is 6.18 Å². The third kappa shape index (κ3) is 3.65. The van der Waals surface area contributed by atoms with Crippen molar-refractivity contribution in [2.24, 2.45) is 5.92 Å². The Kier molecular flexibility index (Phi) is 4.04. The van der Waals surface area contributed by atoms with Crippen molar-refractivity contribution >= 4 is 11.8 Å². The van der Waals surface area contributed by atoms with E-state index in [1.807, 2.05) is 4.90 Å². The molecule has 1 aliphatic heterocycles. The molecule has 4 nitrogen and oxygen atoms in total. The number of hydrogen-bond acceptors (Lipinski definition) is 2. The largest absolute Gasteiger partial charge is 0.416 e. The topological polar surface area (TPSA) is 49.4 Å². The quantitative estimate of drug-likeness (QED) is 0.924. The third-order valence-electron chi connectivity index (χ3n) is 4.25. The molecule has 0 unspecified atom stereocenters. The van der Waals surface area contributed by atoms with Crippen molar-refractivity contribution in [1.82, 2.24) is 10.2 Å². The number of alkyl halides is 3. The summed E-state index contributed by atoms with van der Waals surface area (Å²) in [7, 11) is 0. The molecule has 2 amide bonds. The SMILES string of the molecule is O=C(NC[C@@H]1CC(=O)N(C2CC2)C1)c1ccc(C(F)(F)F)cc1. The van der Waals surface area contributed by atoms with Crippen LogP contribution in [-0.2, 0) is 11.0 Å². The lowest BCUT2D eigenvalue weighted by Crippen LogP contribution is -2.32. The molecule has 1 atom stereocenters. The summed E-state index contributed by atoms with van der Waals surface area (Å²) in [5, 5.41) is 2.70. The summed E-state index contributed by atoms with van der Waals surface area (Å²) >= 11 is 0. The summed E-state index contributed by atoms with van der Waals surface area (Å²) in [6, 6.07) is 4.48. The van der Waals surface area contributed by atoms with Crippen LogP contribution in [-0.4, -0.2) is 35.8 Å². The van der Waals surface area contributed by atoms with Gasteiger partial charge < -0.3 is 10.2 Å². The second-order valence-corrected chi connectivity index (χ2v) is 6.13. The van der Waals surface area contributed by atoms with Crippen LogP contribution in [0.1, 0.15) is 35.2 Å². The van der Waals surface area contributed by atoms with Crippen molar-refractivity contribution in [3.05, 3.63) is 35.4 Å². The van der Waals surface area contributed by atoms with Gasteiger partial charge in [0.15, 0.2) is 0 Å². The number of rotatable bonds is 4. The maximum atomic E-state index is 12.5. The van der Waals surface area contributed by atoms with E-state index in [1.165, 1.54) is 0 Å². The molecule has 1 saturated heterocycles. The Bertz CT molecular complexity index is 609. The first-order chi connectivity index (χ1) is 10.8. The van der Waals surface area contributed by atoms with Crippen molar-refractivity contribution < 1.29 is 22.8 Å². The fourth-order valence-electron chi connectivity index (χ4n) is 2.83. The zero-order chi connectivity index (χ0) is 16.6. The van der Waals surface area contributed by atoms with Gasteiger partial charge in [-0.05, 0) is 37.1 Å². The van der Waals surface area contributed by atoms with Crippen molar-refractivity contribution in [2.45, 2.75) is 31.5 Å². The predicted octanol–water partition coefficient (Wildman–Crippen LogP) is 2.45. The van der Waals surface area contributed by atoms with Crippen LogP contribution in [0.5, 0.6) is 0 Å². The van der Waals surface area contributed by atoms with Gasteiger partial charge in [-0.3, -0.25) is 9.59 Å². The summed E-state index contributed by atoms with van der Waals surface area (Å²) in [6.07, 6.45) is -1.89. The van der Waals surface area contributed by atoms with Gasteiger partial charge in [0.1, 0.15) is 0 Å². The maximum absolute atomic E-state index is 12.5. The molecule has 2 aliphatic rings. The number of amides is 2. The van der Waals surface area contributed by atoms with Gasteiger partial charge in [0.05, 0.1) is 5.56 Å². The Hall–Kier alpha value is -2.05. The number of likely N-dealkylation sites (tertiary alicyclic amines) is 1. The number of halogens is 3. The van der Waals surface area contributed by atoms with Crippen molar-refractivity contribution in [1.29, 1.82) is 0 Å². The van der Waals surface area contributed by atoms with E-state index in [-0.39, 0.29) is 17.4 Å². The van der Waals surface area contributed by atoms with Gasteiger partial charge in [0.25, 0.3) is 5.91 Å². The summed E-state index contributed by atoms with van der Waals surface area (Å²) in [6.45, 7) is 1.01. The van der Waals surface area contributed by atoms with Crippen molar-refractivity contribution in [2.75, 3.05) is 13.1 Å². The lowest BCUT2D eigenvalue weighted by Gasteiger charge is -2.15. The standard InChI is InChI=1S/C16H17F3N2O2/c17-16(18,19)12-3-1-11(2-4-12)15(23)20-8-10-7-14(22)21(9-10)13-5-6-13/h1-4,10,13H,5-9H2,(H,20,23)/t10-/m0/s1. The van der Waals surface area contributed by atoms with E-state index < -0.39 is 17.6 Å². The minimum Gasteiger partial charge on any atom is -0.352 e. The molecule has 0 spiro atoms. The highest BCUT2D eigenvalue weighted by Gasteiger charge is 2.39. The van der Waals surface area contributed by atoms with E-state index in [4.69, 9.17) is 0 Å². The van der Waals surface area contributed by atoms with Gasteiger partial charge in [-0.2, -0.15) is 13.2 Å². The van der Waals surface area contributed by atoms with Gasteiger partial charge in [-0.15, -0.1) is 0 Å².